The first-order valence-electron chi connectivity index (χ1n) is 7.76. The summed E-state index contributed by atoms with van der Waals surface area (Å²) in [5, 5.41) is 3.52. The molecule has 112 valence electrons. The highest BCUT2D eigenvalue weighted by molar-refractivity contribution is 5.84. The van der Waals surface area contributed by atoms with Gasteiger partial charge >= 0.3 is 0 Å². The van der Waals surface area contributed by atoms with Crippen molar-refractivity contribution in [2.45, 2.75) is 77.5 Å². The van der Waals surface area contributed by atoms with E-state index in [2.05, 4.69) is 26.1 Å². The van der Waals surface area contributed by atoms with Gasteiger partial charge in [0.2, 0.25) is 5.91 Å². The number of hydrogen-bond acceptors (Lipinski definition) is 3. The van der Waals surface area contributed by atoms with Crippen LogP contribution in [0.3, 0.4) is 0 Å². The fourth-order valence-corrected chi connectivity index (χ4v) is 2.85. The third-order valence-corrected chi connectivity index (χ3v) is 3.91. The Morgan fingerprint density at radius 1 is 1.26 bits per heavy atom. The van der Waals surface area contributed by atoms with E-state index in [0.717, 1.165) is 38.5 Å². The minimum absolute atomic E-state index is 0.0161. The van der Waals surface area contributed by atoms with Crippen molar-refractivity contribution < 1.29 is 9.53 Å². The van der Waals surface area contributed by atoms with Crippen LogP contribution in [0.2, 0.25) is 0 Å². The average molecular weight is 270 g/mol. The third kappa shape index (κ3) is 4.18. The summed E-state index contributed by atoms with van der Waals surface area (Å²) in [6.45, 7) is 7.09. The number of nitrogens with one attached hydrogen (secondary N) is 1. The molecule has 0 aromatic carbocycles. The Morgan fingerprint density at radius 3 is 2.53 bits per heavy atom. The fraction of sp³-hybridized carbons (Fsp3) is 0.933. The molecule has 1 aliphatic heterocycles. The molecule has 0 radical (unpaired) electrons. The number of carbonyl (C=O) groups excluding carboxylic acids is 1. The Morgan fingerprint density at radius 2 is 2.00 bits per heavy atom. The van der Waals surface area contributed by atoms with E-state index in [0.29, 0.717) is 6.61 Å². The average Bonchev–Trinajstić information content (AvgIpc) is 2.71. The molecule has 4 nitrogen and oxygen atoms in total. The molecule has 19 heavy (non-hydrogen) atoms. The molecule has 1 saturated heterocycles. The first kappa shape index (κ1) is 16.4. The van der Waals surface area contributed by atoms with Crippen LogP contribution in [0.25, 0.3) is 0 Å². The van der Waals surface area contributed by atoms with Crippen LogP contribution in [0.4, 0.5) is 0 Å². The van der Waals surface area contributed by atoms with E-state index >= 15 is 0 Å². The monoisotopic (exact) mass is 270 g/mol. The van der Waals surface area contributed by atoms with Gasteiger partial charge < -0.3 is 9.64 Å². The number of carbonyl (C=O) groups is 1. The standard InChI is InChI=1S/C15H30N2O2/c1-5-8-10-13-15(18)17(12(7-3)11-19-4)14(16-13)9-6-2/h12-14,16H,5-11H2,1-4H3. The zero-order valence-electron chi connectivity index (χ0n) is 12.9. The van der Waals surface area contributed by atoms with Crippen molar-refractivity contribution >= 4 is 5.91 Å². The summed E-state index contributed by atoms with van der Waals surface area (Å²) >= 11 is 0. The molecule has 1 amide bonds. The van der Waals surface area contributed by atoms with E-state index in [1.165, 1.54) is 0 Å². The van der Waals surface area contributed by atoms with Crippen molar-refractivity contribution in [1.29, 1.82) is 0 Å². The minimum Gasteiger partial charge on any atom is -0.383 e. The fourth-order valence-electron chi connectivity index (χ4n) is 2.85. The second kappa shape index (κ2) is 8.54. The van der Waals surface area contributed by atoms with Crippen LogP contribution < -0.4 is 5.32 Å². The van der Waals surface area contributed by atoms with Gasteiger partial charge in [0, 0.05) is 7.11 Å². The van der Waals surface area contributed by atoms with Crippen LogP contribution in [-0.4, -0.2) is 42.8 Å². The Kier molecular flexibility index (Phi) is 7.39. The van der Waals surface area contributed by atoms with Gasteiger partial charge in [-0.15, -0.1) is 0 Å². The quantitative estimate of drug-likeness (QED) is 0.700. The van der Waals surface area contributed by atoms with Gasteiger partial charge in [-0.25, -0.2) is 0 Å². The Hall–Kier alpha value is -0.610. The highest BCUT2D eigenvalue weighted by Crippen LogP contribution is 2.22. The molecule has 3 unspecified atom stereocenters. The number of methoxy groups -OCH3 is 1. The lowest BCUT2D eigenvalue weighted by Crippen LogP contribution is -2.46. The molecule has 1 fully saturated rings. The zero-order chi connectivity index (χ0) is 14.3. The van der Waals surface area contributed by atoms with Gasteiger partial charge in [-0.05, 0) is 19.3 Å². The zero-order valence-corrected chi connectivity index (χ0v) is 12.9. The molecule has 1 rings (SSSR count). The topological polar surface area (TPSA) is 41.6 Å². The van der Waals surface area contributed by atoms with Gasteiger partial charge in [0.05, 0.1) is 24.9 Å². The molecule has 0 spiro atoms. The Bertz CT molecular complexity index is 271. The van der Waals surface area contributed by atoms with Crippen molar-refractivity contribution in [3.8, 4) is 0 Å². The van der Waals surface area contributed by atoms with E-state index in [9.17, 15) is 4.79 Å². The van der Waals surface area contributed by atoms with Gasteiger partial charge in [-0.3, -0.25) is 10.1 Å². The lowest BCUT2D eigenvalue weighted by molar-refractivity contribution is -0.133. The number of ether oxygens (including phenoxy) is 1. The number of rotatable bonds is 9. The maximum atomic E-state index is 12.6. The lowest BCUT2D eigenvalue weighted by Gasteiger charge is -2.31. The van der Waals surface area contributed by atoms with E-state index in [1.54, 1.807) is 7.11 Å². The second-order valence-electron chi connectivity index (χ2n) is 5.43. The predicted molar refractivity (Wildman–Crippen MR) is 77.9 cm³/mol. The number of unbranched alkanes of at least 4 members (excludes halogenated alkanes) is 1. The summed E-state index contributed by atoms with van der Waals surface area (Å²) in [6.07, 6.45) is 6.45. The molecule has 0 aliphatic carbocycles. The molecule has 0 aromatic rings. The number of amides is 1. The molecule has 1 aliphatic rings. The maximum Gasteiger partial charge on any atom is 0.241 e. The van der Waals surface area contributed by atoms with Gasteiger partial charge in [0.15, 0.2) is 0 Å². The second-order valence-corrected chi connectivity index (χ2v) is 5.43. The number of nitrogens with zero attached hydrogens (tertiary/aromatic N) is 1. The molecule has 0 saturated carbocycles. The molecule has 3 atom stereocenters. The molecule has 4 heteroatoms. The van der Waals surface area contributed by atoms with Gasteiger partial charge in [-0.1, -0.05) is 40.0 Å². The van der Waals surface area contributed by atoms with Crippen molar-refractivity contribution in [3.63, 3.8) is 0 Å². The first-order valence-corrected chi connectivity index (χ1v) is 7.76. The van der Waals surface area contributed by atoms with Crippen molar-refractivity contribution in [1.82, 2.24) is 10.2 Å². The first-order chi connectivity index (χ1) is 9.19. The third-order valence-electron chi connectivity index (χ3n) is 3.91. The molecule has 0 aromatic heterocycles. The lowest BCUT2D eigenvalue weighted by atomic mass is 10.1. The Balaban J connectivity index is 2.75. The summed E-state index contributed by atoms with van der Waals surface area (Å²) in [6, 6.07) is 0.218. The summed E-state index contributed by atoms with van der Waals surface area (Å²) in [5.74, 6) is 0.274. The summed E-state index contributed by atoms with van der Waals surface area (Å²) < 4.78 is 5.28. The normalized spacial score (nSPS) is 25.1. The van der Waals surface area contributed by atoms with Crippen LogP contribution >= 0.6 is 0 Å². The van der Waals surface area contributed by atoms with E-state index in [-0.39, 0.29) is 24.2 Å². The number of hydrogen-bond donors (Lipinski definition) is 1. The van der Waals surface area contributed by atoms with Crippen molar-refractivity contribution in [3.05, 3.63) is 0 Å². The van der Waals surface area contributed by atoms with E-state index in [1.807, 2.05) is 4.90 Å². The van der Waals surface area contributed by atoms with Crippen LogP contribution in [0.1, 0.15) is 59.3 Å². The summed E-state index contributed by atoms with van der Waals surface area (Å²) in [4.78, 5) is 14.6. The molecular weight excluding hydrogens is 240 g/mol. The molecule has 1 N–H and O–H groups in total. The highest BCUT2D eigenvalue weighted by atomic mass is 16.5. The maximum absolute atomic E-state index is 12.6. The van der Waals surface area contributed by atoms with Gasteiger partial charge in [-0.2, -0.15) is 0 Å². The van der Waals surface area contributed by atoms with Crippen LogP contribution in [0, 0.1) is 0 Å². The summed E-state index contributed by atoms with van der Waals surface area (Å²) in [5.41, 5.74) is 0. The SMILES string of the molecule is CCCCC1NC(CCC)N(C(CC)COC)C1=O. The largest absolute Gasteiger partial charge is 0.383 e. The summed E-state index contributed by atoms with van der Waals surface area (Å²) in [7, 11) is 1.71. The van der Waals surface area contributed by atoms with Crippen LogP contribution in [-0.2, 0) is 9.53 Å². The van der Waals surface area contributed by atoms with E-state index < -0.39 is 0 Å². The van der Waals surface area contributed by atoms with Gasteiger partial charge in [0.1, 0.15) is 0 Å². The molecule has 0 bridgehead atoms. The molecular formula is C15H30N2O2. The predicted octanol–water partition coefficient (Wildman–Crippen LogP) is 2.53. The minimum atomic E-state index is 0.0161. The molecule has 1 heterocycles. The van der Waals surface area contributed by atoms with Crippen LogP contribution in [0.15, 0.2) is 0 Å². The van der Waals surface area contributed by atoms with Gasteiger partial charge in [0.25, 0.3) is 0 Å². The highest BCUT2D eigenvalue weighted by Gasteiger charge is 2.40. The Labute approximate surface area is 117 Å². The van der Waals surface area contributed by atoms with Crippen LogP contribution in [0.5, 0.6) is 0 Å². The smallest absolute Gasteiger partial charge is 0.241 e. The van der Waals surface area contributed by atoms with Crippen molar-refractivity contribution in [2.24, 2.45) is 0 Å². The van der Waals surface area contributed by atoms with E-state index in [4.69, 9.17) is 4.74 Å². The van der Waals surface area contributed by atoms with Crippen molar-refractivity contribution in [2.75, 3.05) is 13.7 Å².